The van der Waals surface area contributed by atoms with Gasteiger partial charge in [-0.1, -0.05) is 26.2 Å². The quantitative estimate of drug-likeness (QED) is 0.602. The number of hydrogen-bond acceptors (Lipinski definition) is 3. The Morgan fingerprint density at radius 1 is 1.26 bits per heavy atom. The van der Waals surface area contributed by atoms with Crippen molar-refractivity contribution >= 4 is 12.0 Å². The second kappa shape index (κ2) is 6.75. The predicted molar refractivity (Wildman–Crippen MR) is 70.8 cm³/mol. The molecule has 0 aliphatic heterocycles. The number of urea groups is 1. The molecule has 6 heteroatoms. The fourth-order valence-electron chi connectivity index (χ4n) is 2.46. The Hall–Kier alpha value is -1.30. The molecule has 1 fully saturated rings. The zero-order valence-corrected chi connectivity index (χ0v) is 11.6. The molecule has 2 atom stereocenters. The Morgan fingerprint density at radius 2 is 1.84 bits per heavy atom. The van der Waals surface area contributed by atoms with Crippen LogP contribution in [0.2, 0.25) is 0 Å². The van der Waals surface area contributed by atoms with E-state index in [1.165, 1.54) is 26.2 Å². The van der Waals surface area contributed by atoms with Crippen molar-refractivity contribution in [3.05, 3.63) is 0 Å². The number of nitrogens with one attached hydrogen (secondary N) is 2. The summed E-state index contributed by atoms with van der Waals surface area (Å²) in [6.07, 6.45) is 4.60. The average Bonchev–Trinajstić information content (AvgIpc) is 2.34. The van der Waals surface area contributed by atoms with Crippen molar-refractivity contribution in [1.29, 1.82) is 0 Å². The fourth-order valence-corrected chi connectivity index (χ4v) is 2.46. The minimum atomic E-state index is -1.28. The van der Waals surface area contributed by atoms with Crippen LogP contribution < -0.4 is 10.6 Å². The molecule has 110 valence electrons. The van der Waals surface area contributed by atoms with E-state index in [1.54, 1.807) is 0 Å². The number of amides is 2. The van der Waals surface area contributed by atoms with Crippen LogP contribution in [0, 0.1) is 5.41 Å². The van der Waals surface area contributed by atoms with E-state index in [1.807, 2.05) is 0 Å². The Morgan fingerprint density at radius 3 is 2.32 bits per heavy atom. The highest BCUT2D eigenvalue weighted by molar-refractivity contribution is 5.82. The number of hydrogen-bond donors (Lipinski definition) is 4. The maximum absolute atomic E-state index is 11.7. The largest absolute Gasteiger partial charge is 0.480 e. The smallest absolute Gasteiger partial charge is 0.328 e. The number of carboxylic acid groups (broad SMARTS) is 1. The molecule has 1 aliphatic carbocycles. The second-order valence-electron chi connectivity index (χ2n) is 5.75. The molecule has 1 rings (SSSR count). The molecule has 4 N–H and O–H groups in total. The number of aliphatic hydroxyl groups is 1. The third-order valence-corrected chi connectivity index (χ3v) is 3.77. The Labute approximate surface area is 113 Å². The minimum Gasteiger partial charge on any atom is -0.480 e. The minimum absolute atomic E-state index is 0.0964. The highest BCUT2D eigenvalue weighted by atomic mass is 16.4. The summed E-state index contributed by atoms with van der Waals surface area (Å²) in [6.45, 7) is 4.00. The molecule has 0 aromatic carbocycles. The molecule has 19 heavy (non-hydrogen) atoms. The molecule has 1 aliphatic rings. The van der Waals surface area contributed by atoms with Crippen molar-refractivity contribution in [2.75, 3.05) is 6.54 Å². The molecule has 1 saturated carbocycles. The second-order valence-corrected chi connectivity index (χ2v) is 5.75. The fraction of sp³-hybridized carbons (Fsp3) is 0.846. The lowest BCUT2D eigenvalue weighted by atomic mass is 9.76. The normalized spacial score (nSPS) is 21.2. The third kappa shape index (κ3) is 5.06. The van der Waals surface area contributed by atoms with Gasteiger partial charge in [-0.2, -0.15) is 0 Å². The SMILES string of the molecule is CC(O)C(NC(=O)NCC1(C)CCCCC1)C(=O)O. The molecular formula is C13H24N2O4. The summed E-state index contributed by atoms with van der Waals surface area (Å²) < 4.78 is 0. The van der Waals surface area contributed by atoms with E-state index in [4.69, 9.17) is 5.11 Å². The van der Waals surface area contributed by atoms with Gasteiger partial charge in [0.25, 0.3) is 0 Å². The molecule has 6 nitrogen and oxygen atoms in total. The average molecular weight is 272 g/mol. The zero-order valence-electron chi connectivity index (χ0n) is 11.6. The van der Waals surface area contributed by atoms with Crippen molar-refractivity contribution in [3.8, 4) is 0 Å². The lowest BCUT2D eigenvalue weighted by Gasteiger charge is -2.33. The topological polar surface area (TPSA) is 98.7 Å². The van der Waals surface area contributed by atoms with E-state index in [2.05, 4.69) is 17.6 Å². The summed E-state index contributed by atoms with van der Waals surface area (Å²) in [6, 6.07) is -1.82. The number of carbonyl (C=O) groups is 2. The van der Waals surface area contributed by atoms with Gasteiger partial charge in [0, 0.05) is 6.54 Å². The monoisotopic (exact) mass is 272 g/mol. The Balaban J connectivity index is 2.40. The van der Waals surface area contributed by atoms with E-state index < -0.39 is 24.1 Å². The van der Waals surface area contributed by atoms with Crippen LogP contribution in [-0.2, 0) is 4.79 Å². The number of carbonyl (C=O) groups excluding carboxylic acids is 1. The van der Waals surface area contributed by atoms with Gasteiger partial charge in [-0.25, -0.2) is 9.59 Å². The van der Waals surface area contributed by atoms with Gasteiger partial charge >= 0.3 is 12.0 Å². The van der Waals surface area contributed by atoms with E-state index in [9.17, 15) is 14.7 Å². The maximum atomic E-state index is 11.7. The van der Waals surface area contributed by atoms with E-state index in [0.29, 0.717) is 6.54 Å². The highest BCUT2D eigenvalue weighted by Crippen LogP contribution is 2.34. The maximum Gasteiger partial charge on any atom is 0.328 e. The molecule has 2 amide bonds. The number of aliphatic carboxylic acids is 1. The van der Waals surface area contributed by atoms with Gasteiger partial charge in [0.05, 0.1) is 6.10 Å². The van der Waals surface area contributed by atoms with Crippen molar-refractivity contribution in [1.82, 2.24) is 10.6 Å². The zero-order chi connectivity index (χ0) is 14.5. The van der Waals surface area contributed by atoms with E-state index in [0.717, 1.165) is 12.8 Å². The van der Waals surface area contributed by atoms with E-state index in [-0.39, 0.29) is 5.41 Å². The van der Waals surface area contributed by atoms with Crippen molar-refractivity contribution in [2.24, 2.45) is 5.41 Å². The van der Waals surface area contributed by atoms with Crippen molar-refractivity contribution < 1.29 is 19.8 Å². The molecular weight excluding hydrogens is 248 g/mol. The lowest BCUT2D eigenvalue weighted by Crippen LogP contribution is -2.52. The van der Waals surface area contributed by atoms with Gasteiger partial charge in [0.1, 0.15) is 0 Å². The van der Waals surface area contributed by atoms with Gasteiger partial charge < -0.3 is 20.8 Å². The summed E-state index contributed by atoms with van der Waals surface area (Å²) in [7, 11) is 0. The van der Waals surface area contributed by atoms with Gasteiger partial charge in [-0.3, -0.25) is 0 Å². The third-order valence-electron chi connectivity index (χ3n) is 3.77. The van der Waals surface area contributed by atoms with Crippen LogP contribution in [-0.4, -0.2) is 40.9 Å². The van der Waals surface area contributed by atoms with Crippen LogP contribution >= 0.6 is 0 Å². The standard InChI is InChI=1S/C13H24N2O4/c1-9(16)10(11(17)18)15-12(19)14-8-13(2)6-4-3-5-7-13/h9-10,16H,3-8H2,1-2H3,(H,17,18)(H2,14,15,19). The Bertz CT molecular complexity index is 325. The summed E-state index contributed by atoms with van der Waals surface area (Å²) in [4.78, 5) is 22.5. The van der Waals surface area contributed by atoms with Crippen molar-refractivity contribution in [3.63, 3.8) is 0 Å². The first kappa shape index (κ1) is 15.8. The van der Waals surface area contributed by atoms with Crippen LogP contribution in [0.15, 0.2) is 0 Å². The number of carboxylic acids is 1. The van der Waals surface area contributed by atoms with Gasteiger partial charge in [0.2, 0.25) is 0 Å². The number of rotatable bonds is 5. The first-order valence-electron chi connectivity index (χ1n) is 6.79. The first-order chi connectivity index (χ1) is 8.84. The number of aliphatic hydroxyl groups excluding tert-OH is 1. The lowest BCUT2D eigenvalue weighted by molar-refractivity contribution is -0.141. The highest BCUT2D eigenvalue weighted by Gasteiger charge is 2.29. The summed E-state index contributed by atoms with van der Waals surface area (Å²) >= 11 is 0. The molecule has 0 saturated heterocycles. The first-order valence-corrected chi connectivity index (χ1v) is 6.79. The molecule has 0 aromatic heterocycles. The molecule has 0 aromatic rings. The van der Waals surface area contributed by atoms with Crippen LogP contribution in [0.3, 0.4) is 0 Å². The summed E-state index contributed by atoms with van der Waals surface area (Å²) in [5, 5.41) is 23.1. The molecule has 0 radical (unpaired) electrons. The van der Waals surface area contributed by atoms with E-state index >= 15 is 0 Å². The molecule has 0 bridgehead atoms. The van der Waals surface area contributed by atoms with Crippen LogP contribution in [0.25, 0.3) is 0 Å². The molecule has 0 heterocycles. The van der Waals surface area contributed by atoms with Gasteiger partial charge in [-0.15, -0.1) is 0 Å². The Kier molecular flexibility index (Phi) is 5.60. The predicted octanol–water partition coefficient (Wildman–Crippen LogP) is 1.09. The van der Waals surface area contributed by atoms with Crippen LogP contribution in [0.4, 0.5) is 4.79 Å². The van der Waals surface area contributed by atoms with Crippen LogP contribution in [0.5, 0.6) is 0 Å². The van der Waals surface area contributed by atoms with Crippen molar-refractivity contribution in [2.45, 2.75) is 58.1 Å². The molecule has 2 unspecified atom stereocenters. The van der Waals surface area contributed by atoms with Gasteiger partial charge in [-0.05, 0) is 25.2 Å². The summed E-state index contributed by atoms with van der Waals surface area (Å²) in [5.74, 6) is -1.24. The molecule has 0 spiro atoms. The van der Waals surface area contributed by atoms with Gasteiger partial charge in [0.15, 0.2) is 6.04 Å². The summed E-state index contributed by atoms with van der Waals surface area (Å²) in [5.41, 5.74) is 0.0964. The van der Waals surface area contributed by atoms with Crippen LogP contribution in [0.1, 0.15) is 46.0 Å².